The molecule has 15 heteroatoms. The van der Waals surface area contributed by atoms with E-state index in [-0.39, 0.29) is 43.4 Å². The van der Waals surface area contributed by atoms with Crippen LogP contribution in [0.3, 0.4) is 0 Å². The van der Waals surface area contributed by atoms with Crippen LogP contribution in [0.2, 0.25) is 18.1 Å². The van der Waals surface area contributed by atoms with E-state index in [1.54, 1.807) is 13.1 Å². The van der Waals surface area contributed by atoms with E-state index in [1.807, 2.05) is 30.3 Å². The minimum atomic E-state index is -2.26. The van der Waals surface area contributed by atoms with Gasteiger partial charge >= 0.3 is 17.9 Å². The van der Waals surface area contributed by atoms with Crippen molar-refractivity contribution in [2.45, 2.75) is 116 Å². The van der Waals surface area contributed by atoms with Crippen molar-refractivity contribution in [2.75, 3.05) is 20.3 Å². The largest absolute Gasteiger partial charge is 0.467 e. The van der Waals surface area contributed by atoms with Crippen molar-refractivity contribution in [2.24, 2.45) is 0 Å². The second-order valence-corrected chi connectivity index (χ2v) is 18.0. The van der Waals surface area contributed by atoms with Gasteiger partial charge in [0.2, 0.25) is 5.91 Å². The van der Waals surface area contributed by atoms with Crippen LogP contribution >= 0.6 is 0 Å². The van der Waals surface area contributed by atoms with E-state index in [1.165, 1.54) is 25.6 Å². The molecule has 3 rings (SSSR count). The second-order valence-electron chi connectivity index (χ2n) is 13.2. The molecule has 2 heterocycles. The van der Waals surface area contributed by atoms with Gasteiger partial charge in [0.25, 0.3) is 0 Å². The molecule has 1 saturated heterocycles. The van der Waals surface area contributed by atoms with Gasteiger partial charge in [-0.1, -0.05) is 56.3 Å². The summed E-state index contributed by atoms with van der Waals surface area (Å²) in [6.07, 6.45) is -1.86. The maximum Gasteiger partial charge on any atom is 0.328 e. The van der Waals surface area contributed by atoms with E-state index < -0.39 is 62.9 Å². The van der Waals surface area contributed by atoms with Gasteiger partial charge in [-0.25, -0.2) is 9.48 Å². The maximum absolute atomic E-state index is 12.9. The third kappa shape index (κ3) is 10.7. The molecule has 6 atom stereocenters. The minimum Gasteiger partial charge on any atom is -0.467 e. The topological polar surface area (TPSA) is 166 Å². The van der Waals surface area contributed by atoms with Crippen LogP contribution < -0.4 is 5.32 Å². The van der Waals surface area contributed by atoms with Crippen LogP contribution in [0.15, 0.2) is 36.5 Å². The van der Waals surface area contributed by atoms with E-state index in [2.05, 4.69) is 49.5 Å². The molecule has 0 aliphatic carbocycles. The Kier molecular flexibility index (Phi) is 13.8. The molecule has 1 N–H and O–H groups in total. The molecule has 48 heavy (non-hydrogen) atoms. The minimum absolute atomic E-state index is 0.00984. The van der Waals surface area contributed by atoms with E-state index in [9.17, 15) is 19.2 Å². The molecule has 266 valence electrons. The molecule has 0 saturated carbocycles. The highest BCUT2D eigenvalue weighted by molar-refractivity contribution is 6.74. The van der Waals surface area contributed by atoms with Crippen LogP contribution in [-0.2, 0) is 60.1 Å². The van der Waals surface area contributed by atoms with Crippen molar-refractivity contribution in [3.8, 4) is 0 Å². The first-order chi connectivity index (χ1) is 22.6. The number of benzene rings is 1. The predicted octanol–water partition coefficient (Wildman–Crippen LogP) is 3.30. The highest BCUT2D eigenvalue weighted by atomic mass is 28.4. The van der Waals surface area contributed by atoms with Crippen molar-refractivity contribution in [3.05, 3.63) is 47.8 Å². The second kappa shape index (κ2) is 17.1. The molecular weight excluding hydrogens is 640 g/mol. The lowest BCUT2D eigenvalue weighted by Gasteiger charge is -2.46. The number of rotatable bonds is 15. The van der Waals surface area contributed by atoms with Crippen LogP contribution in [0, 0.1) is 0 Å². The molecule has 14 nitrogen and oxygen atoms in total. The Morgan fingerprint density at radius 3 is 2.27 bits per heavy atom. The van der Waals surface area contributed by atoms with Crippen molar-refractivity contribution in [1.29, 1.82) is 0 Å². The first-order valence-corrected chi connectivity index (χ1v) is 19.0. The average Bonchev–Trinajstić information content (AvgIpc) is 3.48. The van der Waals surface area contributed by atoms with E-state index in [0.717, 1.165) is 5.56 Å². The molecule has 1 fully saturated rings. The molecular formula is C33H50N4O10Si. The van der Waals surface area contributed by atoms with Gasteiger partial charge < -0.3 is 33.4 Å². The number of esters is 3. The molecule has 0 radical (unpaired) electrons. The Morgan fingerprint density at radius 1 is 1.04 bits per heavy atom. The van der Waals surface area contributed by atoms with Crippen LogP contribution in [-0.4, -0.2) is 98.1 Å². The van der Waals surface area contributed by atoms with Gasteiger partial charge in [0, 0.05) is 45.9 Å². The summed E-state index contributed by atoms with van der Waals surface area (Å²) in [5.74, 6) is -2.13. The molecule has 1 aromatic carbocycles. The number of aromatic nitrogens is 3. The summed E-state index contributed by atoms with van der Waals surface area (Å²) in [4.78, 5) is 49.9. The third-order valence-corrected chi connectivity index (χ3v) is 13.0. The monoisotopic (exact) mass is 690 g/mol. The fraction of sp³-hybridized carbons (Fsp3) is 0.636. The van der Waals surface area contributed by atoms with Crippen molar-refractivity contribution >= 4 is 32.1 Å². The van der Waals surface area contributed by atoms with Crippen LogP contribution in [0.1, 0.15) is 65.3 Å². The molecule has 2 aromatic rings. The molecule has 0 spiro atoms. The number of hydrogen-bond donors (Lipinski definition) is 1. The van der Waals surface area contributed by atoms with E-state index >= 15 is 0 Å². The van der Waals surface area contributed by atoms with Crippen molar-refractivity contribution in [1.82, 2.24) is 20.3 Å². The van der Waals surface area contributed by atoms with Crippen LogP contribution in [0.5, 0.6) is 0 Å². The first-order valence-electron chi connectivity index (χ1n) is 16.1. The summed E-state index contributed by atoms with van der Waals surface area (Å²) in [7, 11) is -0.990. The average molecular weight is 691 g/mol. The Bertz CT molecular complexity index is 1380. The van der Waals surface area contributed by atoms with E-state index in [4.69, 9.17) is 28.1 Å². The summed E-state index contributed by atoms with van der Waals surface area (Å²) >= 11 is 0. The number of methoxy groups -OCH3 is 1. The van der Waals surface area contributed by atoms with Gasteiger partial charge in [-0.3, -0.25) is 14.4 Å². The van der Waals surface area contributed by atoms with Gasteiger partial charge in [0.1, 0.15) is 18.2 Å². The Balaban J connectivity index is 1.86. The van der Waals surface area contributed by atoms with Crippen molar-refractivity contribution in [3.63, 3.8) is 0 Å². The fourth-order valence-corrected chi connectivity index (χ4v) is 6.08. The smallest absolute Gasteiger partial charge is 0.328 e. The normalized spacial score (nSPS) is 22.0. The Labute approximate surface area is 283 Å². The lowest BCUT2D eigenvalue weighted by atomic mass is 9.95. The number of ether oxygens (including phenoxy) is 5. The Morgan fingerprint density at radius 2 is 1.69 bits per heavy atom. The molecule has 0 bridgehead atoms. The molecule has 1 amide bonds. The fourth-order valence-electron chi connectivity index (χ4n) is 5.06. The standard InChI is InChI=1S/C33H50N4O10Si/c1-10-43-32-30(46-22(3)39)29(45-21(2)38)28(26(47-32)20-44-48(8,9)33(4,5)6)37-19-24(35-36-37)16-17-27(40)34-25(31(41)42-7)18-23-14-12-11-13-15-23/h11-15,19,25-26,28-30,32H,10,16-18,20H2,1-9H3,(H,34,40)/t25-,26+,28+,29-,30-,32-/m0/s1. The summed E-state index contributed by atoms with van der Waals surface area (Å²) in [6, 6.07) is 7.62. The SMILES string of the molecule is CCO[C@H]1O[C@H](CO[Si](C)(C)C(C)(C)C)[C@@H](n2cc(CCC(=O)N[C@@H](Cc3ccccc3)C(=O)OC)nn2)[C@H](OC(C)=O)[C@@H]1OC(C)=O. The van der Waals surface area contributed by atoms with Gasteiger partial charge in [0.15, 0.2) is 26.8 Å². The third-order valence-electron chi connectivity index (χ3n) is 8.54. The lowest BCUT2D eigenvalue weighted by molar-refractivity contribution is -0.291. The number of aryl methyl sites for hydroxylation is 1. The summed E-state index contributed by atoms with van der Waals surface area (Å²) in [5.41, 5.74) is 1.34. The summed E-state index contributed by atoms with van der Waals surface area (Å²) in [6.45, 7) is 15.2. The number of carbonyl (C=O) groups is 4. The lowest BCUT2D eigenvalue weighted by Crippen LogP contribution is -2.60. The molecule has 0 unspecified atom stereocenters. The predicted molar refractivity (Wildman–Crippen MR) is 176 cm³/mol. The van der Waals surface area contributed by atoms with Crippen molar-refractivity contribution < 1.29 is 47.3 Å². The Hall–Kier alpha value is -3.66. The van der Waals surface area contributed by atoms with Crippen LogP contribution in [0.4, 0.5) is 0 Å². The molecule has 1 aliphatic rings. The maximum atomic E-state index is 12.9. The number of nitrogens with zero attached hydrogens (tertiary/aromatic N) is 3. The zero-order valence-electron chi connectivity index (χ0n) is 29.4. The van der Waals surface area contributed by atoms with Crippen LogP contribution in [0.25, 0.3) is 0 Å². The van der Waals surface area contributed by atoms with Gasteiger partial charge in [0.05, 0.1) is 19.4 Å². The zero-order valence-corrected chi connectivity index (χ0v) is 30.4. The highest BCUT2D eigenvalue weighted by Gasteiger charge is 2.52. The zero-order chi connectivity index (χ0) is 35.6. The number of carbonyl (C=O) groups excluding carboxylic acids is 4. The summed E-state index contributed by atoms with van der Waals surface area (Å²) < 4.78 is 36.5. The molecule has 1 aliphatic heterocycles. The highest BCUT2D eigenvalue weighted by Crippen LogP contribution is 2.39. The van der Waals surface area contributed by atoms with E-state index in [0.29, 0.717) is 5.69 Å². The van der Waals surface area contributed by atoms with Gasteiger partial charge in [-0.15, -0.1) is 5.10 Å². The number of nitrogens with one attached hydrogen (secondary N) is 1. The number of hydrogen-bond acceptors (Lipinski definition) is 12. The summed E-state index contributed by atoms with van der Waals surface area (Å²) in [5, 5.41) is 11.3. The molecule has 1 aromatic heterocycles. The number of amides is 1. The quantitative estimate of drug-likeness (QED) is 0.165. The first kappa shape index (κ1) is 38.8. The van der Waals surface area contributed by atoms with Gasteiger partial charge in [-0.2, -0.15) is 0 Å². The van der Waals surface area contributed by atoms with Gasteiger partial charge in [-0.05, 0) is 30.6 Å².